The Morgan fingerprint density at radius 1 is 1.12 bits per heavy atom. The van der Waals surface area contributed by atoms with Gasteiger partial charge in [0.1, 0.15) is 11.8 Å². The first kappa shape index (κ1) is 28.2. The molecule has 0 bridgehead atoms. The van der Waals surface area contributed by atoms with Crippen LogP contribution in [-0.4, -0.2) is 50.7 Å². The molecular formula is C25H19F3N4O7S2. The molecule has 41 heavy (non-hydrogen) atoms. The Kier molecular flexibility index (Phi) is 7.07. The second-order valence-electron chi connectivity index (χ2n) is 9.07. The molecule has 0 unspecified atom stereocenters. The Labute approximate surface area is 236 Å². The standard InChI is InChI=1S/C25H19F3N4O7S2/c1-39-14-7-10(5-6-13(14)33)16-17-18(21(36)32(20(17)35)23(29)37)40-22-19(16)41-24(38)31(22)9-15(34)30-12-4-2-3-11(8-12)25(26,27)28/h2-8,16-18,33H,9H2,1H3,(H2,29,37)(H,30,34)/t16-,17+,18-/m0/s1. The van der Waals surface area contributed by atoms with Gasteiger partial charge < -0.3 is 20.9 Å². The number of primary amides is 1. The maximum atomic E-state index is 13.3. The Hall–Kier alpha value is -4.31. The van der Waals surface area contributed by atoms with Crippen molar-refractivity contribution in [2.24, 2.45) is 11.7 Å². The number of hydrogen-bond donors (Lipinski definition) is 3. The SMILES string of the molecule is COc1cc([C@@H]2c3sc(=O)n(CC(=O)Nc4cccc(C(F)(F)F)c4)c3S[C@@H]3C(=O)N(C(N)=O)C(=O)[C@H]23)ccc1O. The number of carbonyl (C=O) groups excluding carboxylic acids is 4. The molecule has 3 atom stereocenters. The smallest absolute Gasteiger partial charge is 0.416 e. The zero-order valence-corrected chi connectivity index (χ0v) is 22.4. The summed E-state index contributed by atoms with van der Waals surface area (Å²) < 4.78 is 45.5. The molecule has 5 rings (SSSR count). The summed E-state index contributed by atoms with van der Waals surface area (Å²) in [6.45, 7) is -0.613. The first-order valence-electron chi connectivity index (χ1n) is 11.7. The van der Waals surface area contributed by atoms with E-state index in [0.29, 0.717) is 26.7 Å². The summed E-state index contributed by atoms with van der Waals surface area (Å²) in [5.41, 5.74) is 4.56. The van der Waals surface area contributed by atoms with Gasteiger partial charge in [-0.15, -0.1) is 0 Å². The number of benzene rings is 2. The molecular weight excluding hydrogens is 589 g/mol. The molecule has 4 N–H and O–H groups in total. The molecule has 11 nitrogen and oxygen atoms in total. The number of phenolic OH excluding ortho intramolecular Hbond substituents is 1. The number of halogens is 3. The van der Waals surface area contributed by atoms with Crippen molar-refractivity contribution in [1.82, 2.24) is 9.47 Å². The van der Waals surface area contributed by atoms with Gasteiger partial charge in [-0.2, -0.15) is 18.1 Å². The summed E-state index contributed by atoms with van der Waals surface area (Å²) in [5, 5.41) is 11.4. The van der Waals surface area contributed by atoms with Gasteiger partial charge in [0.25, 0.3) is 5.91 Å². The fourth-order valence-electron chi connectivity index (χ4n) is 4.84. The normalized spacial score (nSPS) is 20.0. The fraction of sp³-hybridized carbons (Fsp3) is 0.240. The van der Waals surface area contributed by atoms with Crippen molar-refractivity contribution in [1.29, 1.82) is 0 Å². The number of fused-ring (bicyclic) bond motifs is 2. The summed E-state index contributed by atoms with van der Waals surface area (Å²) in [6, 6.07) is 6.91. The second kappa shape index (κ2) is 10.3. The number of imide groups is 3. The first-order chi connectivity index (χ1) is 19.3. The Morgan fingerprint density at radius 2 is 1.85 bits per heavy atom. The van der Waals surface area contributed by atoms with Gasteiger partial charge in [0, 0.05) is 16.5 Å². The van der Waals surface area contributed by atoms with Crippen LogP contribution in [0.5, 0.6) is 11.5 Å². The van der Waals surface area contributed by atoms with E-state index in [4.69, 9.17) is 10.5 Å². The van der Waals surface area contributed by atoms with Crippen LogP contribution < -0.4 is 20.7 Å². The van der Waals surface area contributed by atoms with Gasteiger partial charge in [0.15, 0.2) is 11.5 Å². The summed E-state index contributed by atoms with van der Waals surface area (Å²) in [6.07, 6.45) is -4.63. The molecule has 3 heterocycles. The van der Waals surface area contributed by atoms with Gasteiger partial charge in [0.05, 0.1) is 23.6 Å². The molecule has 2 aliphatic heterocycles. The summed E-state index contributed by atoms with van der Waals surface area (Å²) in [4.78, 5) is 64.3. The molecule has 0 spiro atoms. The van der Waals surface area contributed by atoms with Gasteiger partial charge in [0.2, 0.25) is 11.8 Å². The van der Waals surface area contributed by atoms with E-state index in [9.17, 15) is 42.3 Å². The van der Waals surface area contributed by atoms with Gasteiger partial charge >= 0.3 is 17.1 Å². The molecule has 5 amide bonds. The van der Waals surface area contributed by atoms with Crippen LogP contribution in [0.2, 0.25) is 0 Å². The third-order valence-electron chi connectivity index (χ3n) is 6.61. The zero-order chi connectivity index (χ0) is 29.8. The molecule has 2 aromatic carbocycles. The van der Waals surface area contributed by atoms with Gasteiger partial charge in [-0.25, -0.2) is 4.79 Å². The number of rotatable bonds is 5. The lowest BCUT2D eigenvalue weighted by Gasteiger charge is -2.30. The van der Waals surface area contributed by atoms with E-state index in [0.717, 1.165) is 34.5 Å². The van der Waals surface area contributed by atoms with Crippen LogP contribution in [0.1, 0.15) is 21.9 Å². The van der Waals surface area contributed by atoms with Crippen LogP contribution in [0.25, 0.3) is 0 Å². The number of methoxy groups -OCH3 is 1. The number of ether oxygens (including phenoxy) is 1. The Balaban J connectivity index is 1.55. The highest BCUT2D eigenvalue weighted by atomic mass is 32.2. The van der Waals surface area contributed by atoms with Crippen LogP contribution in [0.3, 0.4) is 0 Å². The minimum absolute atomic E-state index is 0.0506. The van der Waals surface area contributed by atoms with Crippen molar-refractivity contribution in [3.63, 3.8) is 0 Å². The minimum atomic E-state index is -4.63. The van der Waals surface area contributed by atoms with Crippen LogP contribution in [-0.2, 0) is 27.1 Å². The van der Waals surface area contributed by atoms with E-state index in [1.165, 1.54) is 31.4 Å². The molecule has 1 saturated heterocycles. The van der Waals surface area contributed by atoms with Crippen molar-refractivity contribution in [2.45, 2.75) is 28.9 Å². The van der Waals surface area contributed by atoms with Gasteiger partial charge in [-0.3, -0.25) is 23.7 Å². The predicted molar refractivity (Wildman–Crippen MR) is 140 cm³/mol. The zero-order valence-electron chi connectivity index (χ0n) is 20.8. The average Bonchev–Trinajstić information content (AvgIpc) is 3.34. The number of urea groups is 1. The van der Waals surface area contributed by atoms with Crippen molar-refractivity contribution in [2.75, 3.05) is 12.4 Å². The lowest BCUT2D eigenvalue weighted by Crippen LogP contribution is -2.41. The lowest BCUT2D eigenvalue weighted by atomic mass is 9.83. The maximum Gasteiger partial charge on any atom is 0.416 e. The quantitative estimate of drug-likeness (QED) is 0.373. The lowest BCUT2D eigenvalue weighted by molar-refractivity contribution is -0.138. The number of nitrogens with one attached hydrogen (secondary N) is 1. The molecule has 0 radical (unpaired) electrons. The number of amides is 5. The average molecular weight is 609 g/mol. The van der Waals surface area contributed by atoms with Crippen molar-refractivity contribution < 1.29 is 42.2 Å². The number of aromatic nitrogens is 1. The van der Waals surface area contributed by atoms with Crippen molar-refractivity contribution >= 4 is 52.5 Å². The van der Waals surface area contributed by atoms with E-state index < -0.39 is 64.0 Å². The van der Waals surface area contributed by atoms with Gasteiger partial charge in [-0.05, 0) is 35.9 Å². The van der Waals surface area contributed by atoms with E-state index >= 15 is 0 Å². The van der Waals surface area contributed by atoms with Crippen LogP contribution in [0.4, 0.5) is 23.7 Å². The number of carbonyl (C=O) groups is 4. The van der Waals surface area contributed by atoms with E-state index in [1.54, 1.807) is 0 Å². The van der Waals surface area contributed by atoms with E-state index in [-0.39, 0.29) is 22.2 Å². The summed E-state index contributed by atoms with van der Waals surface area (Å²) in [5.74, 6) is -4.83. The number of aromatic hydroxyl groups is 1. The summed E-state index contributed by atoms with van der Waals surface area (Å²) >= 11 is 1.53. The topological polar surface area (TPSA) is 161 Å². The third-order valence-corrected chi connectivity index (χ3v) is 9.21. The highest BCUT2D eigenvalue weighted by molar-refractivity contribution is 8.00. The van der Waals surface area contributed by atoms with E-state index in [1.807, 2.05) is 0 Å². The highest BCUT2D eigenvalue weighted by Crippen LogP contribution is 2.54. The maximum absolute atomic E-state index is 13.3. The first-order valence-corrected chi connectivity index (χ1v) is 13.4. The molecule has 1 aromatic heterocycles. The van der Waals surface area contributed by atoms with Crippen LogP contribution >= 0.6 is 23.1 Å². The molecule has 16 heteroatoms. The third kappa shape index (κ3) is 4.93. The predicted octanol–water partition coefficient (Wildman–Crippen LogP) is 2.95. The molecule has 2 aliphatic rings. The number of thiazole rings is 1. The van der Waals surface area contributed by atoms with E-state index in [2.05, 4.69) is 5.32 Å². The van der Waals surface area contributed by atoms with Crippen molar-refractivity contribution in [3.05, 3.63) is 68.1 Å². The largest absolute Gasteiger partial charge is 0.504 e. The molecule has 214 valence electrons. The summed E-state index contributed by atoms with van der Waals surface area (Å²) in [7, 11) is 1.31. The monoisotopic (exact) mass is 608 g/mol. The molecule has 0 saturated carbocycles. The number of likely N-dealkylation sites (tertiary alicyclic amines) is 1. The van der Waals surface area contributed by atoms with Crippen molar-refractivity contribution in [3.8, 4) is 11.5 Å². The minimum Gasteiger partial charge on any atom is -0.504 e. The van der Waals surface area contributed by atoms with Crippen LogP contribution in [0, 0.1) is 5.92 Å². The number of alkyl halides is 3. The number of anilines is 1. The highest BCUT2D eigenvalue weighted by Gasteiger charge is 2.58. The molecule has 3 aromatic rings. The van der Waals surface area contributed by atoms with Gasteiger partial charge in [-0.1, -0.05) is 35.2 Å². The Bertz CT molecular complexity index is 1670. The second-order valence-corrected chi connectivity index (χ2v) is 11.2. The molecule has 0 aliphatic carbocycles. The molecule has 1 fully saturated rings. The Morgan fingerprint density at radius 3 is 2.51 bits per heavy atom. The van der Waals surface area contributed by atoms with Crippen LogP contribution in [0.15, 0.2) is 52.3 Å². The number of nitrogens with two attached hydrogens (primary N) is 1. The number of phenols is 1. The fourth-order valence-corrected chi connectivity index (χ4v) is 7.61. The number of hydrogen-bond acceptors (Lipinski definition) is 9. The number of nitrogens with zero attached hydrogens (tertiary/aromatic N) is 2. The number of thioether (sulfide) groups is 1.